The topological polar surface area (TPSA) is 32.3 Å². The summed E-state index contributed by atoms with van der Waals surface area (Å²) in [5.41, 5.74) is 4.37. The summed E-state index contributed by atoms with van der Waals surface area (Å²) in [6.45, 7) is 2.12. The van der Waals surface area contributed by atoms with Crippen molar-refractivity contribution >= 4 is 32.9 Å². The highest BCUT2D eigenvalue weighted by molar-refractivity contribution is 6.14. The van der Waals surface area contributed by atoms with Crippen LogP contribution in [0.15, 0.2) is 72.8 Å². The van der Waals surface area contributed by atoms with Crippen LogP contribution >= 0.6 is 0 Å². The van der Waals surface area contributed by atoms with E-state index in [9.17, 15) is 5.11 Å². The lowest BCUT2D eigenvalue weighted by Gasteiger charge is -2.17. The van der Waals surface area contributed by atoms with Crippen LogP contribution in [0.2, 0.25) is 0 Å². The van der Waals surface area contributed by atoms with Crippen molar-refractivity contribution in [3.05, 3.63) is 83.9 Å². The average Bonchev–Trinajstić information content (AvgIpc) is 2.63. The number of aryl methyl sites for hydroxylation is 1. The first kappa shape index (κ1) is 14.7. The molecule has 2 heteroatoms. The van der Waals surface area contributed by atoms with Crippen LogP contribution in [0.4, 0.5) is 11.4 Å². The quantitative estimate of drug-likeness (QED) is 0.487. The van der Waals surface area contributed by atoms with Gasteiger partial charge in [-0.1, -0.05) is 66.2 Å². The third-order valence-corrected chi connectivity index (χ3v) is 4.52. The molecule has 4 aromatic carbocycles. The first-order valence-electron chi connectivity index (χ1n) is 8.15. The predicted octanol–water partition coefficient (Wildman–Crippen LogP) is 5.54. The molecule has 2 nitrogen and oxygen atoms in total. The van der Waals surface area contributed by atoms with Crippen molar-refractivity contribution in [2.45, 2.75) is 13.5 Å². The minimum Gasteiger partial charge on any atom is -0.392 e. The van der Waals surface area contributed by atoms with Gasteiger partial charge in [0.15, 0.2) is 0 Å². The first-order valence-corrected chi connectivity index (χ1v) is 8.15. The third kappa shape index (κ3) is 2.41. The highest BCUT2D eigenvalue weighted by Gasteiger charge is 2.12. The van der Waals surface area contributed by atoms with Crippen LogP contribution in [-0.4, -0.2) is 5.11 Å². The Bertz CT molecular complexity index is 962. The van der Waals surface area contributed by atoms with Gasteiger partial charge >= 0.3 is 0 Å². The summed E-state index contributed by atoms with van der Waals surface area (Å²) in [5.74, 6) is 0. The zero-order valence-corrected chi connectivity index (χ0v) is 13.6. The highest BCUT2D eigenvalue weighted by Crippen LogP contribution is 2.38. The van der Waals surface area contributed by atoms with Gasteiger partial charge < -0.3 is 10.4 Å². The van der Waals surface area contributed by atoms with Gasteiger partial charge in [0.25, 0.3) is 0 Å². The smallest absolute Gasteiger partial charge is 0.0693 e. The molecule has 0 fully saturated rings. The second-order valence-corrected chi connectivity index (χ2v) is 6.09. The van der Waals surface area contributed by atoms with Crippen molar-refractivity contribution in [2.24, 2.45) is 0 Å². The van der Waals surface area contributed by atoms with E-state index in [-0.39, 0.29) is 6.61 Å². The van der Waals surface area contributed by atoms with Crippen LogP contribution in [-0.2, 0) is 6.61 Å². The lowest BCUT2D eigenvalue weighted by atomic mass is 9.95. The molecule has 2 N–H and O–H groups in total. The lowest BCUT2D eigenvalue weighted by Crippen LogP contribution is -1.97. The maximum Gasteiger partial charge on any atom is 0.0693 e. The number of aliphatic hydroxyl groups is 1. The lowest BCUT2D eigenvalue weighted by molar-refractivity contribution is 0.285. The molecule has 118 valence electrons. The summed E-state index contributed by atoms with van der Waals surface area (Å²) < 4.78 is 0. The Kier molecular flexibility index (Phi) is 3.68. The maximum absolute atomic E-state index is 9.92. The van der Waals surface area contributed by atoms with E-state index >= 15 is 0 Å². The Hall–Kier alpha value is -2.84. The molecule has 0 amide bonds. The fraction of sp³-hybridized carbons (Fsp3) is 0.0909. The van der Waals surface area contributed by atoms with Crippen LogP contribution in [0.1, 0.15) is 11.1 Å². The van der Waals surface area contributed by atoms with Crippen molar-refractivity contribution in [1.82, 2.24) is 0 Å². The number of benzene rings is 4. The molecule has 4 rings (SSSR count). The Morgan fingerprint density at radius 2 is 1.21 bits per heavy atom. The minimum atomic E-state index is 0.0336. The molecule has 0 aliphatic heterocycles. The van der Waals surface area contributed by atoms with Crippen LogP contribution < -0.4 is 5.32 Å². The number of hydrogen-bond acceptors (Lipinski definition) is 2. The van der Waals surface area contributed by atoms with Crippen molar-refractivity contribution < 1.29 is 5.11 Å². The van der Waals surface area contributed by atoms with Crippen molar-refractivity contribution in [3.8, 4) is 0 Å². The van der Waals surface area contributed by atoms with Gasteiger partial charge in [0.1, 0.15) is 0 Å². The van der Waals surface area contributed by atoms with Gasteiger partial charge in [0.2, 0.25) is 0 Å². The summed E-state index contributed by atoms with van der Waals surface area (Å²) in [5, 5.41) is 17.9. The zero-order valence-electron chi connectivity index (χ0n) is 13.6. The van der Waals surface area contributed by atoms with E-state index in [1.165, 1.54) is 5.56 Å². The van der Waals surface area contributed by atoms with Crippen LogP contribution in [0.5, 0.6) is 0 Å². The Balaban J connectivity index is 2.03. The van der Waals surface area contributed by atoms with Gasteiger partial charge in [-0.15, -0.1) is 0 Å². The number of hydrogen-bond donors (Lipinski definition) is 2. The van der Waals surface area contributed by atoms with Gasteiger partial charge in [-0.05, 0) is 35.4 Å². The van der Waals surface area contributed by atoms with Crippen molar-refractivity contribution in [2.75, 3.05) is 5.32 Å². The Morgan fingerprint density at radius 3 is 1.71 bits per heavy atom. The Labute approximate surface area is 141 Å². The van der Waals surface area contributed by atoms with E-state index in [1.807, 2.05) is 24.3 Å². The molecule has 0 saturated heterocycles. The third-order valence-electron chi connectivity index (χ3n) is 4.52. The first-order chi connectivity index (χ1) is 11.8. The molecule has 0 radical (unpaired) electrons. The van der Waals surface area contributed by atoms with E-state index in [2.05, 4.69) is 60.8 Å². The highest BCUT2D eigenvalue weighted by atomic mass is 16.3. The molecular formula is C22H19NO. The fourth-order valence-corrected chi connectivity index (χ4v) is 3.30. The second kappa shape index (κ2) is 5.99. The molecule has 4 aromatic rings. The summed E-state index contributed by atoms with van der Waals surface area (Å²) in [7, 11) is 0. The molecule has 0 aliphatic carbocycles. The molecule has 0 spiro atoms. The molecule has 0 unspecified atom stereocenters. The van der Waals surface area contributed by atoms with Gasteiger partial charge in [-0.2, -0.15) is 0 Å². The van der Waals surface area contributed by atoms with E-state index in [1.54, 1.807) is 0 Å². The van der Waals surface area contributed by atoms with E-state index in [4.69, 9.17) is 0 Å². The second-order valence-electron chi connectivity index (χ2n) is 6.09. The monoisotopic (exact) mass is 313 g/mol. The molecule has 0 atom stereocenters. The van der Waals surface area contributed by atoms with Gasteiger partial charge in [0.05, 0.1) is 12.3 Å². The maximum atomic E-state index is 9.92. The number of fused-ring (bicyclic) bond motifs is 2. The largest absolute Gasteiger partial charge is 0.392 e. The molecule has 0 heterocycles. The summed E-state index contributed by atoms with van der Waals surface area (Å²) >= 11 is 0. The summed E-state index contributed by atoms with van der Waals surface area (Å²) in [6.07, 6.45) is 0. The Morgan fingerprint density at radius 1 is 0.708 bits per heavy atom. The molecule has 0 aromatic heterocycles. The zero-order chi connectivity index (χ0) is 16.5. The molecular weight excluding hydrogens is 294 g/mol. The number of aliphatic hydroxyl groups excluding tert-OH is 1. The number of nitrogens with one attached hydrogen (secondary N) is 1. The standard InChI is InChI=1S/C22H19NO/c1-15-10-12-16(13-11-15)23-22-19-8-4-2-6-17(19)21(14-24)18-7-3-5-9-20(18)22/h2-13,23-24H,14H2,1H3. The molecule has 0 saturated carbocycles. The molecule has 0 bridgehead atoms. The van der Waals surface area contributed by atoms with Crippen LogP contribution in [0.25, 0.3) is 21.5 Å². The average molecular weight is 313 g/mol. The van der Waals surface area contributed by atoms with E-state index in [0.29, 0.717) is 0 Å². The normalized spacial score (nSPS) is 11.1. The molecule has 0 aliphatic rings. The van der Waals surface area contributed by atoms with Crippen LogP contribution in [0.3, 0.4) is 0 Å². The fourth-order valence-electron chi connectivity index (χ4n) is 3.30. The van der Waals surface area contributed by atoms with Crippen molar-refractivity contribution in [1.29, 1.82) is 0 Å². The van der Waals surface area contributed by atoms with E-state index < -0.39 is 0 Å². The van der Waals surface area contributed by atoms with Crippen LogP contribution in [0, 0.1) is 6.92 Å². The SMILES string of the molecule is Cc1ccc(Nc2c3ccccc3c(CO)c3ccccc23)cc1. The number of anilines is 2. The number of rotatable bonds is 3. The summed E-state index contributed by atoms with van der Waals surface area (Å²) in [6, 6.07) is 24.9. The molecule has 24 heavy (non-hydrogen) atoms. The summed E-state index contributed by atoms with van der Waals surface area (Å²) in [4.78, 5) is 0. The predicted molar refractivity (Wildman–Crippen MR) is 102 cm³/mol. The van der Waals surface area contributed by atoms with E-state index in [0.717, 1.165) is 38.5 Å². The van der Waals surface area contributed by atoms with Crippen molar-refractivity contribution in [3.63, 3.8) is 0 Å². The minimum absolute atomic E-state index is 0.0336. The van der Waals surface area contributed by atoms with Gasteiger partial charge in [0, 0.05) is 16.5 Å². The van der Waals surface area contributed by atoms with Gasteiger partial charge in [-0.25, -0.2) is 0 Å². The van der Waals surface area contributed by atoms with Gasteiger partial charge in [-0.3, -0.25) is 0 Å².